The van der Waals surface area contributed by atoms with Crippen LogP contribution in [0, 0.1) is 0 Å². The average Bonchev–Trinajstić information content (AvgIpc) is 2.57. The summed E-state index contributed by atoms with van der Waals surface area (Å²) in [7, 11) is 1.52. The van der Waals surface area contributed by atoms with Crippen molar-refractivity contribution in [3.05, 3.63) is 52.3 Å². The van der Waals surface area contributed by atoms with Crippen LogP contribution in [0.4, 0.5) is 5.69 Å². The fourth-order valence-electron chi connectivity index (χ4n) is 1.76. The van der Waals surface area contributed by atoms with Gasteiger partial charge >= 0.3 is 5.97 Å². The number of nitrogens with one attached hydrogen (secondary N) is 1. The molecule has 0 aliphatic carbocycles. The molecule has 0 spiro atoms. The topological polar surface area (TPSA) is 77.5 Å². The summed E-state index contributed by atoms with van der Waals surface area (Å²) in [6.07, 6.45) is 0.210. The first-order valence-electron chi connectivity index (χ1n) is 6.87. The molecule has 0 aliphatic rings. The van der Waals surface area contributed by atoms with Crippen molar-refractivity contribution in [3.8, 4) is 5.75 Å². The molecule has 0 radical (unpaired) electrons. The molecule has 1 amide bonds. The van der Waals surface area contributed by atoms with Gasteiger partial charge < -0.3 is 14.8 Å². The first-order chi connectivity index (χ1) is 11.4. The standard InChI is InChI=1S/C16H14Cl2N2O4/c1-9(15(21)20-11-4-3-5-12(7-11)23-2)24-16(22)10-6-13(17)14(18)19-8-10/h3-9H,1-2H3,(H,20,21)/t9-/m0/s1. The number of carbonyl (C=O) groups excluding carboxylic acids is 2. The molecule has 2 aromatic rings. The van der Waals surface area contributed by atoms with E-state index in [0.717, 1.165) is 0 Å². The Labute approximate surface area is 148 Å². The Kier molecular flexibility index (Phi) is 6.00. The molecule has 0 aliphatic heterocycles. The summed E-state index contributed by atoms with van der Waals surface area (Å²) in [5.74, 6) is -0.613. The minimum absolute atomic E-state index is 0.0806. The largest absolute Gasteiger partial charge is 0.497 e. The van der Waals surface area contributed by atoms with Gasteiger partial charge in [-0.15, -0.1) is 0 Å². The van der Waals surface area contributed by atoms with E-state index in [2.05, 4.69) is 10.3 Å². The number of nitrogens with zero attached hydrogens (tertiary/aromatic N) is 1. The van der Waals surface area contributed by atoms with Gasteiger partial charge in [0.2, 0.25) is 0 Å². The van der Waals surface area contributed by atoms with Gasteiger partial charge in [0.1, 0.15) is 10.9 Å². The number of amides is 1. The summed E-state index contributed by atoms with van der Waals surface area (Å²) >= 11 is 11.5. The molecule has 8 heteroatoms. The van der Waals surface area contributed by atoms with Gasteiger partial charge in [0, 0.05) is 18.0 Å². The number of carbonyl (C=O) groups is 2. The predicted molar refractivity (Wildman–Crippen MR) is 90.8 cm³/mol. The van der Waals surface area contributed by atoms with E-state index >= 15 is 0 Å². The highest BCUT2D eigenvalue weighted by molar-refractivity contribution is 6.41. The molecule has 6 nitrogen and oxygen atoms in total. The number of pyridine rings is 1. The van der Waals surface area contributed by atoms with Crippen LogP contribution in [0.25, 0.3) is 0 Å². The van der Waals surface area contributed by atoms with Crippen LogP contribution in [0.3, 0.4) is 0 Å². The number of hydrogen-bond donors (Lipinski definition) is 1. The summed E-state index contributed by atoms with van der Waals surface area (Å²) in [6, 6.07) is 8.14. The van der Waals surface area contributed by atoms with Crippen molar-refractivity contribution in [1.82, 2.24) is 4.98 Å². The summed E-state index contributed by atoms with van der Waals surface area (Å²) in [4.78, 5) is 27.9. The lowest BCUT2D eigenvalue weighted by Gasteiger charge is -2.14. The Morgan fingerprint density at radius 1 is 1.25 bits per heavy atom. The summed E-state index contributed by atoms with van der Waals surface area (Å²) < 4.78 is 10.2. The number of halogens is 2. The molecule has 24 heavy (non-hydrogen) atoms. The van der Waals surface area contributed by atoms with E-state index in [1.165, 1.54) is 26.3 Å². The second-order valence-corrected chi connectivity index (χ2v) is 5.53. The zero-order valence-electron chi connectivity index (χ0n) is 12.9. The Bertz CT molecular complexity index is 767. The van der Waals surface area contributed by atoms with E-state index in [1.54, 1.807) is 24.3 Å². The molecule has 0 bridgehead atoms. The quantitative estimate of drug-likeness (QED) is 0.644. The Morgan fingerprint density at radius 3 is 2.67 bits per heavy atom. The Balaban J connectivity index is 1.99. The van der Waals surface area contributed by atoms with Crippen molar-refractivity contribution in [2.75, 3.05) is 12.4 Å². The van der Waals surface area contributed by atoms with Gasteiger partial charge in [-0.3, -0.25) is 4.79 Å². The van der Waals surface area contributed by atoms with E-state index < -0.39 is 18.0 Å². The van der Waals surface area contributed by atoms with Crippen LogP contribution in [0.15, 0.2) is 36.5 Å². The molecule has 0 unspecified atom stereocenters. The zero-order valence-corrected chi connectivity index (χ0v) is 14.4. The molecule has 1 N–H and O–H groups in total. The van der Waals surface area contributed by atoms with Crippen LogP contribution >= 0.6 is 23.2 Å². The third-order valence-electron chi connectivity index (χ3n) is 3.02. The molecule has 1 aromatic heterocycles. The van der Waals surface area contributed by atoms with Crippen molar-refractivity contribution >= 4 is 40.8 Å². The zero-order chi connectivity index (χ0) is 17.7. The maximum Gasteiger partial charge on any atom is 0.340 e. The maximum absolute atomic E-state index is 12.1. The molecule has 0 fully saturated rings. The summed E-state index contributed by atoms with van der Waals surface area (Å²) in [5, 5.41) is 2.84. The second-order valence-electron chi connectivity index (χ2n) is 4.77. The first kappa shape index (κ1) is 18.0. The van der Waals surface area contributed by atoms with E-state index in [9.17, 15) is 9.59 Å². The van der Waals surface area contributed by atoms with Gasteiger partial charge in [-0.2, -0.15) is 0 Å². The van der Waals surface area contributed by atoms with Crippen LogP contribution in [-0.2, 0) is 9.53 Å². The number of rotatable bonds is 5. The second kappa shape index (κ2) is 7.99. The molecule has 1 atom stereocenters. The first-order valence-corrected chi connectivity index (χ1v) is 7.63. The van der Waals surface area contributed by atoms with Gasteiger partial charge in [-0.25, -0.2) is 9.78 Å². The molecular formula is C16H14Cl2N2O4. The molecular weight excluding hydrogens is 355 g/mol. The van der Waals surface area contributed by atoms with Crippen molar-refractivity contribution < 1.29 is 19.1 Å². The number of anilines is 1. The number of aromatic nitrogens is 1. The normalized spacial score (nSPS) is 11.5. The van der Waals surface area contributed by atoms with E-state index in [1.807, 2.05) is 0 Å². The number of hydrogen-bond acceptors (Lipinski definition) is 5. The van der Waals surface area contributed by atoms with Crippen LogP contribution in [0.2, 0.25) is 10.2 Å². The third-order valence-corrected chi connectivity index (χ3v) is 3.71. The minimum Gasteiger partial charge on any atom is -0.497 e. The van der Waals surface area contributed by atoms with Gasteiger partial charge in [0.25, 0.3) is 5.91 Å². The highest BCUT2D eigenvalue weighted by Gasteiger charge is 2.20. The average molecular weight is 369 g/mol. The fourth-order valence-corrected chi connectivity index (χ4v) is 2.03. The van der Waals surface area contributed by atoms with Gasteiger partial charge in [-0.05, 0) is 25.1 Å². The highest BCUT2D eigenvalue weighted by Crippen LogP contribution is 2.21. The Morgan fingerprint density at radius 2 is 2.00 bits per heavy atom. The monoisotopic (exact) mass is 368 g/mol. The smallest absolute Gasteiger partial charge is 0.340 e. The molecule has 0 saturated carbocycles. The van der Waals surface area contributed by atoms with Crippen molar-refractivity contribution in [1.29, 1.82) is 0 Å². The van der Waals surface area contributed by atoms with Crippen molar-refractivity contribution in [2.45, 2.75) is 13.0 Å². The molecule has 0 saturated heterocycles. The molecule has 126 valence electrons. The summed E-state index contributed by atoms with van der Waals surface area (Å²) in [6.45, 7) is 1.46. The highest BCUT2D eigenvalue weighted by atomic mass is 35.5. The maximum atomic E-state index is 12.1. The Hall–Kier alpha value is -2.31. The lowest BCUT2D eigenvalue weighted by molar-refractivity contribution is -0.123. The minimum atomic E-state index is -1.02. The summed E-state index contributed by atoms with van der Waals surface area (Å²) in [5.41, 5.74) is 0.629. The van der Waals surface area contributed by atoms with E-state index in [-0.39, 0.29) is 15.7 Å². The van der Waals surface area contributed by atoms with E-state index in [0.29, 0.717) is 11.4 Å². The van der Waals surface area contributed by atoms with Gasteiger partial charge in [-0.1, -0.05) is 29.3 Å². The fraction of sp³-hybridized carbons (Fsp3) is 0.188. The van der Waals surface area contributed by atoms with Crippen LogP contribution in [-0.4, -0.2) is 30.1 Å². The van der Waals surface area contributed by atoms with Crippen LogP contribution in [0.1, 0.15) is 17.3 Å². The number of ether oxygens (including phenoxy) is 2. The van der Waals surface area contributed by atoms with Crippen molar-refractivity contribution in [3.63, 3.8) is 0 Å². The molecule has 1 aromatic carbocycles. The van der Waals surface area contributed by atoms with Crippen LogP contribution < -0.4 is 10.1 Å². The number of benzene rings is 1. The predicted octanol–water partition coefficient (Wildman–Crippen LogP) is 3.58. The van der Waals surface area contributed by atoms with Gasteiger partial charge in [0.05, 0.1) is 17.7 Å². The lowest BCUT2D eigenvalue weighted by atomic mass is 10.2. The number of methoxy groups -OCH3 is 1. The molecule has 1 heterocycles. The molecule has 2 rings (SSSR count). The van der Waals surface area contributed by atoms with E-state index in [4.69, 9.17) is 32.7 Å². The van der Waals surface area contributed by atoms with Gasteiger partial charge in [0.15, 0.2) is 6.10 Å². The third kappa shape index (κ3) is 4.59. The van der Waals surface area contributed by atoms with Crippen molar-refractivity contribution in [2.24, 2.45) is 0 Å². The number of esters is 1. The van der Waals surface area contributed by atoms with Crippen LogP contribution in [0.5, 0.6) is 5.75 Å². The SMILES string of the molecule is COc1cccc(NC(=O)[C@H](C)OC(=O)c2cnc(Cl)c(Cl)c2)c1. The lowest BCUT2D eigenvalue weighted by Crippen LogP contribution is -2.30.